The van der Waals surface area contributed by atoms with Gasteiger partial charge in [-0.25, -0.2) is 8.42 Å². The molecule has 0 aliphatic carbocycles. The maximum Gasteiger partial charge on any atom is 0.268 e. The van der Waals surface area contributed by atoms with E-state index in [1.54, 1.807) is 22.5 Å². The smallest absolute Gasteiger partial charge is 0.268 e. The molecule has 0 radical (unpaired) electrons. The maximum absolute atomic E-state index is 13.2. The number of carbonyl (C=O) groups is 1. The van der Waals surface area contributed by atoms with Crippen molar-refractivity contribution >= 4 is 26.8 Å². The van der Waals surface area contributed by atoms with E-state index >= 15 is 0 Å². The van der Waals surface area contributed by atoms with Gasteiger partial charge in [-0.15, -0.1) is 0 Å². The molecule has 1 amide bonds. The van der Waals surface area contributed by atoms with Gasteiger partial charge in [0.1, 0.15) is 5.69 Å². The molecule has 3 rings (SSSR count). The Labute approximate surface area is 161 Å². The molecule has 1 aliphatic heterocycles. The van der Waals surface area contributed by atoms with E-state index in [9.17, 15) is 13.2 Å². The van der Waals surface area contributed by atoms with Crippen LogP contribution in [0.2, 0.25) is 0 Å². The quantitative estimate of drug-likeness (QED) is 0.839. The molecule has 1 aliphatic rings. The Morgan fingerprint density at radius 1 is 1.22 bits per heavy atom. The van der Waals surface area contributed by atoms with Crippen molar-refractivity contribution in [2.75, 3.05) is 13.1 Å². The second-order valence-corrected chi connectivity index (χ2v) is 10.2. The summed E-state index contributed by atoms with van der Waals surface area (Å²) in [5.41, 5.74) is 2.01. The Morgan fingerprint density at radius 3 is 2.44 bits per heavy atom. The first-order valence-corrected chi connectivity index (χ1v) is 11.0. The Morgan fingerprint density at radius 2 is 1.85 bits per heavy atom. The molecule has 148 valence electrons. The molecule has 1 fully saturated rings. The molecule has 1 aromatic carbocycles. The number of H-pyrrole nitrogens is 1. The van der Waals surface area contributed by atoms with Crippen LogP contribution >= 0.6 is 0 Å². The van der Waals surface area contributed by atoms with Gasteiger partial charge in [-0.3, -0.25) is 4.79 Å². The summed E-state index contributed by atoms with van der Waals surface area (Å²) in [6.07, 6.45) is 1.05. The second-order valence-electron chi connectivity index (χ2n) is 8.23. The summed E-state index contributed by atoms with van der Waals surface area (Å²) >= 11 is 0. The van der Waals surface area contributed by atoms with E-state index in [4.69, 9.17) is 0 Å². The number of nitrogens with zero attached hydrogens (tertiary/aromatic N) is 1. The van der Waals surface area contributed by atoms with Gasteiger partial charge in [0.2, 0.25) is 10.0 Å². The molecule has 2 aromatic rings. The monoisotopic (exact) mass is 391 g/mol. The number of piperidine rings is 1. The number of fused-ring (bicyclic) bond motifs is 1. The predicted molar refractivity (Wildman–Crippen MR) is 107 cm³/mol. The normalized spacial score (nSPS) is 21.7. The molecule has 1 saturated heterocycles. The SMILES string of the molecule is Cc1c(C(=O)NC(C)C)[nH]c2ccc(S(=O)(=O)N3CC(C)CC(C)C3)cc12. The van der Waals surface area contributed by atoms with Crippen molar-refractivity contribution in [2.45, 2.75) is 52.0 Å². The summed E-state index contributed by atoms with van der Waals surface area (Å²) in [4.78, 5) is 15.8. The lowest BCUT2D eigenvalue weighted by molar-refractivity contribution is 0.0938. The van der Waals surface area contributed by atoms with Crippen molar-refractivity contribution in [3.05, 3.63) is 29.5 Å². The molecular formula is C20H29N3O3S. The summed E-state index contributed by atoms with van der Waals surface area (Å²) in [6, 6.07) is 5.09. The highest BCUT2D eigenvalue weighted by Crippen LogP contribution is 2.30. The number of carbonyl (C=O) groups excluding carboxylic acids is 1. The lowest BCUT2D eigenvalue weighted by Crippen LogP contribution is -2.42. The van der Waals surface area contributed by atoms with Crippen LogP contribution in [0.5, 0.6) is 0 Å². The van der Waals surface area contributed by atoms with Crippen molar-refractivity contribution < 1.29 is 13.2 Å². The Hall–Kier alpha value is -1.86. The third-order valence-electron chi connectivity index (χ3n) is 5.15. The first kappa shape index (κ1) is 19.9. The first-order valence-electron chi connectivity index (χ1n) is 9.53. The molecule has 27 heavy (non-hydrogen) atoms. The molecule has 7 heteroatoms. The van der Waals surface area contributed by atoms with Gasteiger partial charge in [0, 0.05) is 30.0 Å². The number of nitrogens with one attached hydrogen (secondary N) is 2. The van der Waals surface area contributed by atoms with Gasteiger partial charge in [0.05, 0.1) is 4.90 Å². The highest BCUT2D eigenvalue weighted by molar-refractivity contribution is 7.89. The van der Waals surface area contributed by atoms with Gasteiger partial charge >= 0.3 is 0 Å². The predicted octanol–water partition coefficient (Wildman–Crippen LogP) is 3.28. The highest BCUT2D eigenvalue weighted by Gasteiger charge is 2.32. The number of benzene rings is 1. The number of aromatic nitrogens is 1. The minimum atomic E-state index is -3.55. The highest BCUT2D eigenvalue weighted by atomic mass is 32.2. The van der Waals surface area contributed by atoms with Gasteiger partial charge in [-0.1, -0.05) is 13.8 Å². The fourth-order valence-corrected chi connectivity index (χ4v) is 5.69. The molecule has 2 unspecified atom stereocenters. The third-order valence-corrected chi connectivity index (χ3v) is 6.98. The lowest BCUT2D eigenvalue weighted by Gasteiger charge is -2.34. The lowest BCUT2D eigenvalue weighted by atomic mass is 9.94. The van der Waals surface area contributed by atoms with Gasteiger partial charge in [-0.2, -0.15) is 4.31 Å². The molecular weight excluding hydrogens is 362 g/mol. The zero-order valence-corrected chi connectivity index (χ0v) is 17.5. The number of aromatic amines is 1. The van der Waals surface area contributed by atoms with Crippen LogP contribution in [0, 0.1) is 18.8 Å². The number of amides is 1. The fraction of sp³-hybridized carbons (Fsp3) is 0.550. The molecule has 0 spiro atoms. The van der Waals surface area contributed by atoms with Gasteiger partial charge < -0.3 is 10.3 Å². The van der Waals surface area contributed by atoms with Crippen LogP contribution in [0.3, 0.4) is 0 Å². The van der Waals surface area contributed by atoms with Gasteiger partial charge in [0.15, 0.2) is 0 Å². The number of aryl methyl sites for hydroxylation is 1. The number of sulfonamides is 1. The van der Waals surface area contributed by atoms with E-state index in [-0.39, 0.29) is 16.8 Å². The van der Waals surface area contributed by atoms with Crippen LogP contribution in [0.25, 0.3) is 10.9 Å². The molecule has 1 aromatic heterocycles. The minimum Gasteiger partial charge on any atom is -0.350 e. The molecule has 0 saturated carbocycles. The van der Waals surface area contributed by atoms with Crippen molar-refractivity contribution in [1.82, 2.24) is 14.6 Å². The molecule has 6 nitrogen and oxygen atoms in total. The van der Waals surface area contributed by atoms with Crippen LogP contribution in [-0.4, -0.2) is 42.7 Å². The van der Waals surface area contributed by atoms with Crippen molar-refractivity contribution in [1.29, 1.82) is 0 Å². The first-order chi connectivity index (χ1) is 12.6. The topological polar surface area (TPSA) is 82.3 Å². The Balaban J connectivity index is 1.99. The summed E-state index contributed by atoms with van der Waals surface area (Å²) in [5.74, 6) is 0.530. The van der Waals surface area contributed by atoms with E-state index in [1.807, 2.05) is 20.8 Å². The largest absolute Gasteiger partial charge is 0.350 e. The second kappa shape index (κ2) is 7.28. The summed E-state index contributed by atoms with van der Waals surface area (Å²) < 4.78 is 27.9. The van der Waals surface area contributed by atoms with Crippen molar-refractivity contribution in [2.24, 2.45) is 11.8 Å². The van der Waals surface area contributed by atoms with E-state index in [1.165, 1.54) is 0 Å². The average Bonchev–Trinajstić information content (AvgIpc) is 2.90. The van der Waals surface area contributed by atoms with Gasteiger partial charge in [0.25, 0.3) is 5.91 Å². The average molecular weight is 392 g/mol. The zero-order chi connectivity index (χ0) is 19.9. The van der Waals surface area contributed by atoms with Crippen LogP contribution in [0.4, 0.5) is 0 Å². The number of hydrogen-bond acceptors (Lipinski definition) is 3. The van der Waals surface area contributed by atoms with E-state index in [0.717, 1.165) is 22.9 Å². The molecule has 2 heterocycles. The maximum atomic E-state index is 13.2. The summed E-state index contributed by atoms with van der Waals surface area (Å²) in [7, 11) is -3.55. The third kappa shape index (κ3) is 3.89. The van der Waals surface area contributed by atoms with Gasteiger partial charge in [-0.05, 0) is 62.8 Å². The van der Waals surface area contributed by atoms with E-state index in [0.29, 0.717) is 30.6 Å². The number of rotatable bonds is 4. The van der Waals surface area contributed by atoms with Crippen LogP contribution < -0.4 is 5.32 Å². The molecule has 2 atom stereocenters. The molecule has 0 bridgehead atoms. The zero-order valence-electron chi connectivity index (χ0n) is 16.7. The summed E-state index contributed by atoms with van der Waals surface area (Å²) in [5, 5.41) is 3.64. The van der Waals surface area contributed by atoms with Crippen LogP contribution in [0.1, 0.15) is 50.2 Å². The number of hydrogen-bond donors (Lipinski definition) is 2. The van der Waals surface area contributed by atoms with Crippen LogP contribution in [0.15, 0.2) is 23.1 Å². The van der Waals surface area contributed by atoms with E-state index < -0.39 is 10.0 Å². The van der Waals surface area contributed by atoms with E-state index in [2.05, 4.69) is 24.1 Å². The molecule has 2 N–H and O–H groups in total. The van der Waals surface area contributed by atoms with Crippen molar-refractivity contribution in [3.63, 3.8) is 0 Å². The van der Waals surface area contributed by atoms with Crippen molar-refractivity contribution in [3.8, 4) is 0 Å². The summed E-state index contributed by atoms with van der Waals surface area (Å²) in [6.45, 7) is 10.9. The minimum absolute atomic E-state index is 0.0299. The fourth-order valence-electron chi connectivity index (χ4n) is 3.98. The Kier molecular flexibility index (Phi) is 5.36. The Bertz CT molecular complexity index is 952. The van der Waals surface area contributed by atoms with Crippen LogP contribution in [-0.2, 0) is 10.0 Å². The standard InChI is InChI=1S/C20H29N3O3S/c1-12(2)21-20(24)19-15(5)17-9-16(6-7-18(17)22-19)27(25,26)23-10-13(3)8-14(4)11-23/h6-7,9,12-14,22H,8,10-11H2,1-5H3,(H,21,24).